The molecule has 1 aromatic heterocycles. The van der Waals surface area contributed by atoms with Crippen molar-refractivity contribution in [1.82, 2.24) is 15.1 Å². The number of nitrogens with zero attached hydrogens (tertiary/aromatic N) is 2. The van der Waals surface area contributed by atoms with E-state index < -0.39 is 5.91 Å². The van der Waals surface area contributed by atoms with Crippen molar-refractivity contribution in [2.24, 2.45) is 0 Å². The maximum Gasteiger partial charge on any atom is 0.275 e. The first-order chi connectivity index (χ1) is 11.1. The maximum absolute atomic E-state index is 12.2. The molecule has 5 nitrogen and oxygen atoms in total. The van der Waals surface area contributed by atoms with Crippen LogP contribution >= 0.6 is 0 Å². The maximum atomic E-state index is 12.2. The van der Waals surface area contributed by atoms with Crippen LogP contribution in [0, 0.1) is 6.92 Å². The van der Waals surface area contributed by atoms with Crippen LogP contribution in [-0.4, -0.2) is 22.2 Å². The first kappa shape index (κ1) is 16.9. The molecule has 1 amide bonds. The Bertz CT molecular complexity index is 708. The van der Waals surface area contributed by atoms with Crippen LogP contribution in [0.25, 0.3) is 5.69 Å². The van der Waals surface area contributed by atoms with Gasteiger partial charge in [-0.1, -0.05) is 44.4 Å². The molecule has 0 aliphatic rings. The van der Waals surface area contributed by atoms with Gasteiger partial charge in [0.05, 0.1) is 5.69 Å². The van der Waals surface area contributed by atoms with Gasteiger partial charge in [0.15, 0.2) is 5.69 Å². The summed E-state index contributed by atoms with van der Waals surface area (Å²) in [5.74, 6) is -0.406. The van der Waals surface area contributed by atoms with Gasteiger partial charge in [0.25, 0.3) is 5.91 Å². The predicted molar refractivity (Wildman–Crippen MR) is 91.0 cm³/mol. The van der Waals surface area contributed by atoms with Crippen molar-refractivity contribution in [2.45, 2.75) is 39.5 Å². The molecule has 5 heteroatoms. The molecule has 0 atom stereocenters. The van der Waals surface area contributed by atoms with E-state index in [1.807, 2.05) is 30.3 Å². The summed E-state index contributed by atoms with van der Waals surface area (Å²) in [7, 11) is 0. The van der Waals surface area contributed by atoms with E-state index in [0.717, 1.165) is 31.4 Å². The smallest absolute Gasteiger partial charge is 0.275 e. The van der Waals surface area contributed by atoms with E-state index >= 15 is 0 Å². The molecular formula is C18H23N3O2. The van der Waals surface area contributed by atoms with Gasteiger partial charge in [-0.3, -0.25) is 9.59 Å². The molecule has 2 rings (SSSR count). The number of aryl methyl sites for hydroxylation is 1. The lowest BCUT2D eigenvalue weighted by Gasteiger charge is -2.11. The zero-order valence-corrected chi connectivity index (χ0v) is 13.7. The standard InChI is InChI=1S/C18H23N3O2/c1-3-4-5-9-12-19-18(23)17-16(22)13-14(2)21(20-17)15-10-7-6-8-11-15/h6-8,10-11,13H,3-5,9,12H2,1-2H3,(H,19,23). The second kappa shape index (κ2) is 8.27. The van der Waals surface area contributed by atoms with Crippen molar-refractivity contribution >= 4 is 5.91 Å². The molecule has 0 aliphatic carbocycles. The summed E-state index contributed by atoms with van der Waals surface area (Å²) in [6, 6.07) is 10.9. The van der Waals surface area contributed by atoms with Gasteiger partial charge < -0.3 is 5.32 Å². The molecule has 1 aromatic carbocycles. The Balaban J connectivity index is 2.16. The van der Waals surface area contributed by atoms with Crippen molar-refractivity contribution in [3.63, 3.8) is 0 Å². The second-order valence-corrected chi connectivity index (χ2v) is 5.56. The van der Waals surface area contributed by atoms with E-state index in [4.69, 9.17) is 0 Å². The van der Waals surface area contributed by atoms with Gasteiger partial charge >= 0.3 is 0 Å². The monoisotopic (exact) mass is 313 g/mol. The first-order valence-electron chi connectivity index (χ1n) is 8.08. The van der Waals surface area contributed by atoms with Crippen LogP contribution in [0.1, 0.15) is 48.8 Å². The fourth-order valence-electron chi connectivity index (χ4n) is 2.37. The summed E-state index contributed by atoms with van der Waals surface area (Å²) in [6.07, 6.45) is 4.29. The Hall–Kier alpha value is -2.43. The molecule has 2 aromatic rings. The second-order valence-electron chi connectivity index (χ2n) is 5.56. The SMILES string of the molecule is CCCCCCNC(=O)c1nn(-c2ccccc2)c(C)cc1=O. The molecule has 122 valence electrons. The van der Waals surface area contributed by atoms with Crippen LogP contribution in [0.3, 0.4) is 0 Å². The lowest BCUT2D eigenvalue weighted by Crippen LogP contribution is -2.32. The lowest BCUT2D eigenvalue weighted by atomic mass is 10.2. The van der Waals surface area contributed by atoms with E-state index in [2.05, 4.69) is 17.3 Å². The number of amides is 1. The zero-order chi connectivity index (χ0) is 16.7. The summed E-state index contributed by atoms with van der Waals surface area (Å²) < 4.78 is 1.62. The number of aromatic nitrogens is 2. The number of rotatable bonds is 7. The zero-order valence-electron chi connectivity index (χ0n) is 13.7. The van der Waals surface area contributed by atoms with Crippen LogP contribution in [-0.2, 0) is 0 Å². The highest BCUT2D eigenvalue weighted by Gasteiger charge is 2.14. The fourth-order valence-corrected chi connectivity index (χ4v) is 2.37. The molecule has 1 N–H and O–H groups in total. The van der Waals surface area contributed by atoms with Gasteiger partial charge in [-0.15, -0.1) is 0 Å². The Labute approximate surface area is 136 Å². The van der Waals surface area contributed by atoms with Crippen LogP contribution in [0.15, 0.2) is 41.2 Å². The van der Waals surface area contributed by atoms with Gasteiger partial charge in [0.2, 0.25) is 5.43 Å². The summed E-state index contributed by atoms with van der Waals surface area (Å²) >= 11 is 0. The third-order valence-electron chi connectivity index (χ3n) is 3.64. The molecule has 0 unspecified atom stereocenters. The number of hydrogen-bond donors (Lipinski definition) is 1. The highest BCUT2D eigenvalue weighted by Crippen LogP contribution is 2.07. The molecule has 0 fully saturated rings. The number of carbonyl (C=O) groups excluding carboxylic acids is 1. The van der Waals surface area contributed by atoms with E-state index in [0.29, 0.717) is 12.2 Å². The molecule has 1 heterocycles. The minimum Gasteiger partial charge on any atom is -0.351 e. The molecule has 0 saturated heterocycles. The summed E-state index contributed by atoms with van der Waals surface area (Å²) in [5.41, 5.74) is 1.11. The summed E-state index contributed by atoms with van der Waals surface area (Å²) in [5, 5.41) is 7.03. The quantitative estimate of drug-likeness (QED) is 0.799. The van der Waals surface area contributed by atoms with E-state index in [-0.39, 0.29) is 11.1 Å². The van der Waals surface area contributed by atoms with Gasteiger partial charge in [0, 0.05) is 18.3 Å². The lowest BCUT2D eigenvalue weighted by molar-refractivity contribution is 0.0945. The minimum atomic E-state index is -0.406. The number of nitrogens with one attached hydrogen (secondary N) is 1. The summed E-state index contributed by atoms with van der Waals surface area (Å²) in [4.78, 5) is 24.3. The van der Waals surface area contributed by atoms with Crippen LogP contribution < -0.4 is 10.7 Å². The predicted octanol–water partition coefficient (Wildman–Crippen LogP) is 2.85. The topological polar surface area (TPSA) is 64.0 Å². The van der Waals surface area contributed by atoms with E-state index in [1.54, 1.807) is 11.6 Å². The fraction of sp³-hybridized carbons (Fsp3) is 0.389. The van der Waals surface area contributed by atoms with Gasteiger partial charge in [-0.2, -0.15) is 5.10 Å². The van der Waals surface area contributed by atoms with Crippen molar-refractivity contribution in [3.8, 4) is 5.69 Å². The van der Waals surface area contributed by atoms with Crippen molar-refractivity contribution in [2.75, 3.05) is 6.54 Å². The third-order valence-corrected chi connectivity index (χ3v) is 3.64. The molecular weight excluding hydrogens is 290 g/mol. The van der Waals surface area contributed by atoms with Gasteiger partial charge in [-0.05, 0) is 25.5 Å². The Morgan fingerprint density at radius 1 is 1.17 bits per heavy atom. The Morgan fingerprint density at radius 3 is 2.61 bits per heavy atom. The van der Waals surface area contributed by atoms with E-state index in [1.165, 1.54) is 6.07 Å². The Kier molecular flexibility index (Phi) is 6.09. The number of benzene rings is 1. The minimum absolute atomic E-state index is 0.0602. The van der Waals surface area contributed by atoms with Crippen LogP contribution in [0.4, 0.5) is 0 Å². The van der Waals surface area contributed by atoms with Crippen LogP contribution in [0.5, 0.6) is 0 Å². The largest absolute Gasteiger partial charge is 0.351 e. The Morgan fingerprint density at radius 2 is 1.91 bits per heavy atom. The van der Waals surface area contributed by atoms with Gasteiger partial charge in [0.1, 0.15) is 0 Å². The highest BCUT2D eigenvalue weighted by atomic mass is 16.2. The van der Waals surface area contributed by atoms with E-state index in [9.17, 15) is 9.59 Å². The van der Waals surface area contributed by atoms with Gasteiger partial charge in [-0.25, -0.2) is 4.68 Å². The molecule has 23 heavy (non-hydrogen) atoms. The van der Waals surface area contributed by atoms with Crippen molar-refractivity contribution in [1.29, 1.82) is 0 Å². The average Bonchev–Trinajstić information content (AvgIpc) is 2.55. The summed E-state index contributed by atoms with van der Waals surface area (Å²) in [6.45, 7) is 4.51. The average molecular weight is 313 g/mol. The molecule has 0 saturated carbocycles. The van der Waals surface area contributed by atoms with Crippen molar-refractivity contribution in [3.05, 3.63) is 58.0 Å². The number of para-hydroxylation sites is 1. The highest BCUT2D eigenvalue weighted by molar-refractivity contribution is 5.92. The van der Waals surface area contributed by atoms with Crippen molar-refractivity contribution < 1.29 is 4.79 Å². The van der Waals surface area contributed by atoms with Crippen LogP contribution in [0.2, 0.25) is 0 Å². The molecule has 0 bridgehead atoms. The number of unbranched alkanes of at least 4 members (excludes halogenated alkanes) is 3. The molecule has 0 radical (unpaired) electrons. The first-order valence-corrected chi connectivity index (χ1v) is 8.08. The molecule has 0 aliphatic heterocycles. The molecule has 0 spiro atoms. The number of hydrogen-bond acceptors (Lipinski definition) is 3. The third kappa shape index (κ3) is 4.52. The normalized spacial score (nSPS) is 10.5. The number of carbonyl (C=O) groups is 1.